The molecule has 0 N–H and O–H groups in total. The van der Waals surface area contributed by atoms with E-state index in [1.807, 2.05) is 65.8 Å². The number of aryl methyl sites for hydroxylation is 3. The summed E-state index contributed by atoms with van der Waals surface area (Å²) >= 11 is 0. The number of nitrogens with zero attached hydrogens (tertiary/aromatic N) is 1. The fourth-order valence-electron chi connectivity index (χ4n) is 12.0. The lowest BCUT2D eigenvalue weighted by atomic mass is 9.67. The predicted molar refractivity (Wildman–Crippen MR) is 364 cm³/mol. The minimum Gasteiger partial charge on any atom is -0.456 e. The molecule has 0 bridgehead atoms. The van der Waals surface area contributed by atoms with E-state index in [1.165, 1.54) is 82.7 Å². The van der Waals surface area contributed by atoms with Crippen LogP contribution in [0.4, 0.5) is 17.1 Å². The van der Waals surface area contributed by atoms with E-state index >= 15 is 0 Å². The van der Waals surface area contributed by atoms with Crippen molar-refractivity contribution in [2.75, 3.05) is 4.90 Å². The number of anilines is 3. The van der Waals surface area contributed by atoms with Gasteiger partial charge in [-0.15, -0.1) is 0 Å². The largest absolute Gasteiger partial charge is 0.456 e. The van der Waals surface area contributed by atoms with Gasteiger partial charge in [0.05, 0.1) is 22.2 Å². The van der Waals surface area contributed by atoms with Gasteiger partial charge in [0.25, 0.3) is 0 Å². The van der Waals surface area contributed by atoms with E-state index in [1.54, 1.807) is 0 Å². The highest BCUT2D eigenvalue weighted by molar-refractivity contribution is 6.16. The van der Waals surface area contributed by atoms with E-state index in [0.29, 0.717) is 5.92 Å². The monoisotopic (exact) mass is 1100 g/mol. The maximum Gasteiger partial charge on any atom is 0.137 e. The summed E-state index contributed by atoms with van der Waals surface area (Å²) in [7, 11) is 0. The molecule has 0 fully saturated rings. The number of rotatable bonds is 6. The average Bonchev–Trinajstić information content (AvgIpc) is 1.85. The molecule has 2 heterocycles. The normalized spacial score (nSPS) is 11.9. The van der Waals surface area contributed by atoms with Crippen LogP contribution in [0.25, 0.3) is 65.8 Å². The number of hydrogen-bond donors (Lipinski definition) is 0. The maximum atomic E-state index is 6.52. The molecule has 84 heavy (non-hydrogen) atoms. The molecule has 424 valence electrons. The van der Waals surface area contributed by atoms with Crippen LogP contribution in [-0.4, -0.2) is 0 Å². The zero-order valence-corrected chi connectivity index (χ0v) is 51.9. The molecule has 2 aromatic heterocycles. The molecule has 0 radical (unpaired) electrons. The van der Waals surface area contributed by atoms with Crippen molar-refractivity contribution < 1.29 is 8.83 Å². The lowest BCUT2D eigenvalue weighted by Crippen LogP contribution is -2.29. The quantitative estimate of drug-likeness (QED) is 0.166. The third kappa shape index (κ3) is 11.3. The summed E-state index contributed by atoms with van der Waals surface area (Å²) in [4.78, 5) is 2.48. The van der Waals surface area contributed by atoms with Gasteiger partial charge in [-0.1, -0.05) is 287 Å². The highest BCUT2D eigenvalue weighted by atomic mass is 16.3. The van der Waals surface area contributed by atoms with Crippen LogP contribution in [0.2, 0.25) is 0 Å². The molecule has 0 atom stereocenters. The van der Waals surface area contributed by atoms with Crippen molar-refractivity contribution in [1.82, 2.24) is 0 Å². The molecular formula is C81H83NO2. The van der Waals surface area contributed by atoms with Crippen LogP contribution < -0.4 is 4.90 Å². The Labute approximate surface area is 500 Å². The molecule has 0 unspecified atom stereocenters. The highest BCUT2D eigenvalue weighted by Gasteiger charge is 2.47. The van der Waals surface area contributed by atoms with Gasteiger partial charge in [-0.05, 0) is 131 Å². The Morgan fingerprint density at radius 2 is 0.833 bits per heavy atom. The van der Waals surface area contributed by atoms with Crippen LogP contribution in [0.5, 0.6) is 0 Å². The SMILES string of the molecule is CC.CC.CC.CC(C)c1cccc2oc3ccccc3c12.Cc1ccc(C)cc1.Cc1ccc2c(c1)C(c1ccccc1)(c1ccccc1)c1cc(N(c3ccc(C(C)(C)C)cc3)c3cccc4oc5ccccc5c34)c3ccccc3c1-2. The van der Waals surface area contributed by atoms with Gasteiger partial charge in [0, 0.05) is 27.2 Å². The zero-order valence-electron chi connectivity index (χ0n) is 51.9. The second-order valence-electron chi connectivity index (χ2n) is 22.4. The number of fused-ring (bicyclic) bond motifs is 11. The maximum absolute atomic E-state index is 6.52. The Morgan fingerprint density at radius 1 is 0.381 bits per heavy atom. The molecule has 0 spiro atoms. The van der Waals surface area contributed by atoms with Crippen LogP contribution in [0.15, 0.2) is 251 Å². The smallest absolute Gasteiger partial charge is 0.137 e. The first-order chi connectivity index (χ1) is 40.9. The minimum absolute atomic E-state index is 0.0271. The summed E-state index contributed by atoms with van der Waals surface area (Å²) in [6.45, 7) is 29.7. The van der Waals surface area contributed by atoms with Crippen molar-refractivity contribution in [3.8, 4) is 11.1 Å². The van der Waals surface area contributed by atoms with Crippen molar-refractivity contribution in [3.05, 3.63) is 293 Å². The van der Waals surface area contributed by atoms with Crippen molar-refractivity contribution in [2.45, 2.75) is 114 Å². The van der Waals surface area contributed by atoms with Gasteiger partial charge in [-0.2, -0.15) is 0 Å². The fourth-order valence-corrected chi connectivity index (χ4v) is 12.0. The van der Waals surface area contributed by atoms with Gasteiger partial charge in [0.1, 0.15) is 22.3 Å². The second kappa shape index (κ2) is 26.1. The molecule has 11 aromatic carbocycles. The van der Waals surface area contributed by atoms with Crippen LogP contribution in [0.1, 0.15) is 132 Å². The van der Waals surface area contributed by atoms with Crippen LogP contribution >= 0.6 is 0 Å². The Balaban J connectivity index is 0.000000231. The Hall–Kier alpha value is -8.92. The van der Waals surface area contributed by atoms with Crippen molar-refractivity contribution in [2.24, 2.45) is 0 Å². The van der Waals surface area contributed by atoms with Gasteiger partial charge < -0.3 is 13.7 Å². The number of para-hydroxylation sites is 2. The fraction of sp³-hybridized carbons (Fsp3) is 0.210. The summed E-state index contributed by atoms with van der Waals surface area (Å²) in [5.74, 6) is 0.518. The zero-order chi connectivity index (χ0) is 59.7. The Kier molecular flexibility index (Phi) is 18.6. The van der Waals surface area contributed by atoms with Crippen LogP contribution in [0, 0.1) is 20.8 Å². The van der Waals surface area contributed by atoms with Crippen molar-refractivity contribution in [1.29, 1.82) is 0 Å². The number of benzene rings is 11. The molecule has 0 aliphatic heterocycles. The summed E-state index contributed by atoms with van der Waals surface area (Å²) in [6.07, 6.45) is 0. The van der Waals surface area contributed by atoms with E-state index in [0.717, 1.165) is 50.2 Å². The first kappa shape index (κ1) is 59.7. The van der Waals surface area contributed by atoms with E-state index in [4.69, 9.17) is 8.83 Å². The first-order valence-corrected chi connectivity index (χ1v) is 30.4. The third-order valence-electron chi connectivity index (χ3n) is 15.8. The molecule has 3 nitrogen and oxygen atoms in total. The van der Waals surface area contributed by atoms with E-state index in [-0.39, 0.29) is 5.41 Å². The van der Waals surface area contributed by atoms with Crippen molar-refractivity contribution in [3.63, 3.8) is 0 Å². The number of furan rings is 2. The minimum atomic E-state index is -0.548. The second-order valence-corrected chi connectivity index (χ2v) is 22.4. The van der Waals surface area contributed by atoms with Crippen LogP contribution in [0.3, 0.4) is 0 Å². The summed E-state index contributed by atoms with van der Waals surface area (Å²) in [6, 6.07) is 87.8. The van der Waals surface area contributed by atoms with Crippen LogP contribution in [-0.2, 0) is 10.8 Å². The lowest BCUT2D eigenvalue weighted by molar-refractivity contribution is 0.590. The average molecular weight is 1100 g/mol. The van der Waals surface area contributed by atoms with Gasteiger partial charge in [0.15, 0.2) is 0 Å². The molecule has 1 aliphatic carbocycles. The summed E-state index contributed by atoms with van der Waals surface area (Å²) in [5.41, 5.74) is 20.8. The van der Waals surface area contributed by atoms with Gasteiger partial charge in [-0.3, -0.25) is 0 Å². The molecule has 13 aromatic rings. The summed E-state index contributed by atoms with van der Waals surface area (Å²) < 4.78 is 12.4. The molecule has 3 heteroatoms. The van der Waals surface area contributed by atoms with Gasteiger partial charge in [-0.25, -0.2) is 0 Å². The molecule has 1 aliphatic rings. The third-order valence-corrected chi connectivity index (χ3v) is 15.8. The first-order valence-electron chi connectivity index (χ1n) is 30.4. The van der Waals surface area contributed by atoms with Gasteiger partial charge >= 0.3 is 0 Å². The predicted octanol–water partition coefficient (Wildman–Crippen LogP) is 24.3. The summed E-state index contributed by atoms with van der Waals surface area (Å²) in [5, 5.41) is 7.15. The van der Waals surface area contributed by atoms with E-state index in [9.17, 15) is 0 Å². The molecule has 0 saturated heterocycles. The topological polar surface area (TPSA) is 29.5 Å². The Bertz CT molecular complexity index is 4230. The Morgan fingerprint density at radius 3 is 1.37 bits per heavy atom. The van der Waals surface area contributed by atoms with Gasteiger partial charge in [0.2, 0.25) is 0 Å². The van der Waals surface area contributed by atoms with E-state index < -0.39 is 5.41 Å². The number of hydrogen-bond acceptors (Lipinski definition) is 3. The molecule has 14 rings (SSSR count). The molecule has 0 saturated carbocycles. The molecular weight excluding hydrogens is 1020 g/mol. The highest BCUT2D eigenvalue weighted by Crippen LogP contribution is 2.60. The van der Waals surface area contributed by atoms with E-state index in [2.05, 4.69) is 279 Å². The lowest BCUT2D eigenvalue weighted by Gasteiger charge is -2.35. The standard InChI is InChI=1S/C52H41NO.C15H14O.C8H10.3C2H6/c1-34-26-31-41-43(32-34)52(36-16-7-5-8-17-36,37-18-9-6-10-19-37)44-33-46(39-20-11-12-21-40(39)49(41)44)53(38-29-27-35(28-30-38)51(2,3)4)45-23-15-25-48-50(45)42-22-13-14-24-47(42)54-48;1-10(2)11-7-5-9-14-15(11)12-6-3-4-8-13(12)16-14;1-7-3-5-8(2)6-4-7;3*1-2/h5-33H,1-4H3;3-10H,1-2H3;3-6H,1-2H3;3*1-2H3. The van der Waals surface area contributed by atoms with Crippen molar-refractivity contribution >= 4 is 71.7 Å². The molecule has 0 amide bonds.